The van der Waals surface area contributed by atoms with Crippen LogP contribution in [0, 0.1) is 5.92 Å². The topological polar surface area (TPSA) is 59.8 Å². The second-order valence-electron chi connectivity index (χ2n) is 5.87. The van der Waals surface area contributed by atoms with E-state index in [1.165, 1.54) is 5.69 Å². The van der Waals surface area contributed by atoms with E-state index in [-0.39, 0.29) is 17.9 Å². The Labute approximate surface area is 123 Å². The lowest BCUT2D eigenvalue weighted by Gasteiger charge is -2.24. The van der Waals surface area contributed by atoms with E-state index in [1.54, 1.807) is 6.20 Å². The second kappa shape index (κ2) is 4.98. The summed E-state index contributed by atoms with van der Waals surface area (Å²) < 4.78 is 1.91. The molecule has 0 spiro atoms. The highest BCUT2D eigenvalue weighted by molar-refractivity contribution is 5.81. The molecule has 0 saturated heterocycles. The number of nitrogens with one attached hydrogen (secondary N) is 1. The molecule has 0 aromatic carbocycles. The Morgan fingerprint density at radius 2 is 2.19 bits per heavy atom. The van der Waals surface area contributed by atoms with Crippen molar-refractivity contribution in [3.05, 3.63) is 41.9 Å². The summed E-state index contributed by atoms with van der Waals surface area (Å²) in [6.45, 7) is 0. The minimum atomic E-state index is 0.110. The SMILES string of the molecule is O=C(NC1CCCc2c1cnn2-c1ccccn1)C1CC1. The Morgan fingerprint density at radius 1 is 1.29 bits per heavy atom. The summed E-state index contributed by atoms with van der Waals surface area (Å²) in [5, 5.41) is 7.68. The van der Waals surface area contributed by atoms with Gasteiger partial charge in [-0.2, -0.15) is 5.10 Å². The molecule has 1 unspecified atom stereocenters. The van der Waals surface area contributed by atoms with Crippen LogP contribution in [-0.4, -0.2) is 20.7 Å². The molecule has 2 aromatic heterocycles. The van der Waals surface area contributed by atoms with Crippen LogP contribution < -0.4 is 5.32 Å². The van der Waals surface area contributed by atoms with Gasteiger partial charge in [0, 0.05) is 17.7 Å². The molecule has 2 aromatic rings. The van der Waals surface area contributed by atoms with Crippen molar-refractivity contribution in [1.82, 2.24) is 20.1 Å². The van der Waals surface area contributed by atoms with Crippen LogP contribution in [0.1, 0.15) is 43.0 Å². The lowest BCUT2D eigenvalue weighted by Crippen LogP contribution is -2.31. The molecule has 0 radical (unpaired) electrons. The van der Waals surface area contributed by atoms with Crippen LogP contribution in [0.2, 0.25) is 0 Å². The van der Waals surface area contributed by atoms with E-state index in [2.05, 4.69) is 15.4 Å². The number of hydrogen-bond acceptors (Lipinski definition) is 3. The van der Waals surface area contributed by atoms with E-state index in [0.29, 0.717) is 0 Å². The number of fused-ring (bicyclic) bond motifs is 1. The van der Waals surface area contributed by atoms with Crippen molar-refractivity contribution in [2.45, 2.75) is 38.1 Å². The van der Waals surface area contributed by atoms with Crippen molar-refractivity contribution in [2.75, 3.05) is 0 Å². The molecular formula is C16H18N4O. The first kappa shape index (κ1) is 12.6. The Kier molecular flexibility index (Phi) is 2.98. The summed E-state index contributed by atoms with van der Waals surface area (Å²) in [6.07, 6.45) is 8.80. The molecule has 21 heavy (non-hydrogen) atoms. The highest BCUT2D eigenvalue weighted by Crippen LogP contribution is 2.34. The summed E-state index contributed by atoms with van der Waals surface area (Å²) in [4.78, 5) is 16.4. The molecule has 1 amide bonds. The number of pyridine rings is 1. The highest BCUT2D eigenvalue weighted by atomic mass is 16.2. The predicted molar refractivity (Wildman–Crippen MR) is 77.9 cm³/mol. The predicted octanol–water partition coefficient (Wildman–Crippen LogP) is 2.17. The molecule has 0 aliphatic heterocycles. The second-order valence-corrected chi connectivity index (χ2v) is 5.87. The van der Waals surface area contributed by atoms with Crippen LogP contribution in [0.4, 0.5) is 0 Å². The Bertz CT molecular complexity index is 660. The van der Waals surface area contributed by atoms with E-state index in [9.17, 15) is 4.79 Å². The van der Waals surface area contributed by atoms with Gasteiger partial charge in [-0.25, -0.2) is 9.67 Å². The first-order chi connectivity index (χ1) is 10.3. The zero-order valence-corrected chi connectivity index (χ0v) is 11.8. The number of amides is 1. The van der Waals surface area contributed by atoms with Gasteiger partial charge in [-0.15, -0.1) is 0 Å². The summed E-state index contributed by atoms with van der Waals surface area (Å²) in [5.74, 6) is 1.30. The van der Waals surface area contributed by atoms with Crippen molar-refractivity contribution < 1.29 is 4.79 Å². The first-order valence-electron chi connectivity index (χ1n) is 7.61. The minimum absolute atomic E-state index is 0.110. The van der Waals surface area contributed by atoms with Crippen LogP contribution in [0.25, 0.3) is 5.82 Å². The van der Waals surface area contributed by atoms with Crippen LogP contribution in [0.15, 0.2) is 30.6 Å². The average molecular weight is 282 g/mol. The third-order valence-electron chi connectivity index (χ3n) is 4.31. The molecule has 0 bridgehead atoms. The fraction of sp³-hybridized carbons (Fsp3) is 0.438. The van der Waals surface area contributed by atoms with Crippen molar-refractivity contribution >= 4 is 5.91 Å². The third kappa shape index (κ3) is 2.33. The summed E-state index contributed by atoms with van der Waals surface area (Å²) in [7, 11) is 0. The molecule has 1 N–H and O–H groups in total. The smallest absolute Gasteiger partial charge is 0.223 e. The zero-order chi connectivity index (χ0) is 14.2. The van der Waals surface area contributed by atoms with Gasteiger partial charge in [-0.3, -0.25) is 4.79 Å². The largest absolute Gasteiger partial charge is 0.349 e. The quantitative estimate of drug-likeness (QED) is 0.938. The van der Waals surface area contributed by atoms with Gasteiger partial charge in [0.15, 0.2) is 5.82 Å². The normalized spacial score (nSPS) is 20.9. The molecule has 5 nitrogen and oxygen atoms in total. The van der Waals surface area contributed by atoms with E-state index in [4.69, 9.17) is 0 Å². The van der Waals surface area contributed by atoms with Crippen molar-refractivity contribution in [3.8, 4) is 5.82 Å². The molecule has 108 valence electrons. The molecule has 1 atom stereocenters. The van der Waals surface area contributed by atoms with Gasteiger partial charge in [0.1, 0.15) is 0 Å². The van der Waals surface area contributed by atoms with E-state index in [0.717, 1.165) is 43.5 Å². The van der Waals surface area contributed by atoms with Crippen molar-refractivity contribution in [1.29, 1.82) is 0 Å². The molecule has 5 heteroatoms. The highest BCUT2D eigenvalue weighted by Gasteiger charge is 2.33. The molecule has 2 heterocycles. The maximum absolute atomic E-state index is 12.0. The van der Waals surface area contributed by atoms with Gasteiger partial charge in [0.25, 0.3) is 0 Å². The number of carbonyl (C=O) groups is 1. The maximum Gasteiger partial charge on any atom is 0.223 e. The Hall–Kier alpha value is -2.17. The molecule has 2 aliphatic carbocycles. The van der Waals surface area contributed by atoms with E-state index < -0.39 is 0 Å². The first-order valence-corrected chi connectivity index (χ1v) is 7.61. The van der Waals surface area contributed by atoms with Gasteiger partial charge >= 0.3 is 0 Å². The van der Waals surface area contributed by atoms with Gasteiger partial charge in [-0.1, -0.05) is 6.07 Å². The molecule has 2 aliphatic rings. The number of carbonyl (C=O) groups excluding carboxylic acids is 1. The molecule has 1 saturated carbocycles. The number of nitrogens with zero attached hydrogens (tertiary/aromatic N) is 3. The standard InChI is InChI=1S/C16H18N4O/c21-16(11-7-8-11)19-13-4-3-5-14-12(13)10-18-20(14)15-6-1-2-9-17-15/h1-2,6,9-11,13H,3-5,7-8H2,(H,19,21). The van der Waals surface area contributed by atoms with E-state index in [1.807, 2.05) is 29.1 Å². The lowest BCUT2D eigenvalue weighted by molar-refractivity contribution is -0.123. The van der Waals surface area contributed by atoms with Crippen LogP contribution in [0.3, 0.4) is 0 Å². The zero-order valence-electron chi connectivity index (χ0n) is 11.8. The van der Waals surface area contributed by atoms with Crippen molar-refractivity contribution in [3.63, 3.8) is 0 Å². The number of aromatic nitrogens is 3. The fourth-order valence-electron chi connectivity index (χ4n) is 3.02. The van der Waals surface area contributed by atoms with Crippen LogP contribution in [-0.2, 0) is 11.2 Å². The van der Waals surface area contributed by atoms with Gasteiger partial charge in [0.2, 0.25) is 5.91 Å². The molecular weight excluding hydrogens is 264 g/mol. The summed E-state index contributed by atoms with van der Waals surface area (Å²) in [6, 6.07) is 5.93. The summed E-state index contributed by atoms with van der Waals surface area (Å²) in [5.41, 5.74) is 2.34. The van der Waals surface area contributed by atoms with Gasteiger partial charge in [0.05, 0.1) is 17.9 Å². The lowest BCUT2D eigenvalue weighted by atomic mass is 9.93. The average Bonchev–Trinajstić information content (AvgIpc) is 3.28. The van der Waals surface area contributed by atoms with Crippen molar-refractivity contribution in [2.24, 2.45) is 5.92 Å². The fourth-order valence-corrected chi connectivity index (χ4v) is 3.02. The van der Waals surface area contributed by atoms with Crippen LogP contribution >= 0.6 is 0 Å². The minimum Gasteiger partial charge on any atom is -0.349 e. The van der Waals surface area contributed by atoms with E-state index >= 15 is 0 Å². The number of rotatable bonds is 3. The Morgan fingerprint density at radius 3 is 2.95 bits per heavy atom. The summed E-state index contributed by atoms with van der Waals surface area (Å²) >= 11 is 0. The molecule has 4 rings (SSSR count). The van der Waals surface area contributed by atoms with Crippen LogP contribution in [0.5, 0.6) is 0 Å². The number of hydrogen-bond donors (Lipinski definition) is 1. The monoisotopic (exact) mass is 282 g/mol. The maximum atomic E-state index is 12.0. The van der Waals surface area contributed by atoms with Gasteiger partial charge in [-0.05, 0) is 44.2 Å². The van der Waals surface area contributed by atoms with Gasteiger partial charge < -0.3 is 5.32 Å². The third-order valence-corrected chi connectivity index (χ3v) is 4.31. The molecule has 1 fully saturated rings. The Balaban J connectivity index is 1.63.